The van der Waals surface area contributed by atoms with Gasteiger partial charge in [-0.25, -0.2) is 0 Å². The van der Waals surface area contributed by atoms with Gasteiger partial charge in [-0.15, -0.1) is 6.12 Å². The normalized spacial score (nSPS) is 11.8. The molecular formula is C26H45O2PS2-2. The second-order valence-electron chi connectivity index (χ2n) is 8.89. The highest BCUT2D eigenvalue weighted by atomic mass is 33.1. The fraction of sp³-hybridized carbons (Fsp3) is 0.769. The van der Waals surface area contributed by atoms with E-state index in [9.17, 15) is 4.89 Å². The van der Waals surface area contributed by atoms with Crippen LogP contribution in [0.1, 0.15) is 128 Å². The third kappa shape index (κ3) is 15.6. The van der Waals surface area contributed by atoms with Crippen LogP contribution >= 0.6 is 6.12 Å². The first-order valence-corrected chi connectivity index (χ1v) is 16.5. The van der Waals surface area contributed by atoms with Crippen molar-refractivity contribution < 1.29 is 9.42 Å². The maximum atomic E-state index is 12.1. The van der Waals surface area contributed by atoms with Crippen molar-refractivity contribution in [1.82, 2.24) is 0 Å². The van der Waals surface area contributed by atoms with Gasteiger partial charge in [0.1, 0.15) is 0 Å². The molecule has 0 unspecified atom stereocenters. The third-order valence-corrected chi connectivity index (χ3v) is 6.83. The second kappa shape index (κ2) is 18.5. The van der Waals surface area contributed by atoms with Crippen molar-refractivity contribution in [1.29, 1.82) is 0 Å². The van der Waals surface area contributed by atoms with E-state index >= 15 is 0 Å². The quantitative estimate of drug-likeness (QED) is 0.105. The van der Waals surface area contributed by atoms with Crippen molar-refractivity contribution in [2.75, 3.05) is 0 Å². The molecule has 0 N–H and O–H groups in total. The van der Waals surface area contributed by atoms with Gasteiger partial charge in [-0.2, -0.15) is 0 Å². The van der Waals surface area contributed by atoms with E-state index in [0.29, 0.717) is 0 Å². The summed E-state index contributed by atoms with van der Waals surface area (Å²) >= 11 is 9.89. The molecule has 31 heavy (non-hydrogen) atoms. The molecular weight excluding hydrogens is 439 g/mol. The lowest BCUT2D eigenvalue weighted by Crippen LogP contribution is -2.12. The Hall–Kier alpha value is 0.110. The summed E-state index contributed by atoms with van der Waals surface area (Å²) in [4.78, 5) is 12.1. The maximum absolute atomic E-state index is 12.1. The minimum absolute atomic E-state index is 0.724. The van der Waals surface area contributed by atoms with E-state index in [1.807, 2.05) is 0 Å². The van der Waals surface area contributed by atoms with Gasteiger partial charge >= 0.3 is 0 Å². The fourth-order valence-electron chi connectivity index (χ4n) is 4.16. The summed E-state index contributed by atoms with van der Waals surface area (Å²) in [7, 11) is 0. The summed E-state index contributed by atoms with van der Waals surface area (Å²) < 4.78 is 5.69. The first kappa shape index (κ1) is 29.1. The minimum Gasteiger partial charge on any atom is -0.682 e. The Morgan fingerprint density at radius 2 is 1.00 bits per heavy atom. The van der Waals surface area contributed by atoms with Crippen molar-refractivity contribution in [3.8, 4) is 5.75 Å². The molecule has 1 aromatic carbocycles. The Morgan fingerprint density at radius 3 is 1.35 bits per heavy atom. The van der Waals surface area contributed by atoms with Crippen molar-refractivity contribution in [2.45, 2.75) is 129 Å². The Bertz CT molecular complexity index is 523. The molecule has 0 atom stereocenters. The molecule has 0 aliphatic heterocycles. The van der Waals surface area contributed by atoms with E-state index in [1.54, 1.807) is 0 Å². The predicted molar refractivity (Wildman–Crippen MR) is 141 cm³/mol. The van der Waals surface area contributed by atoms with Crippen LogP contribution in [0.3, 0.4) is 0 Å². The molecule has 180 valence electrons. The first-order chi connectivity index (χ1) is 15.0. The molecule has 0 aromatic heterocycles. The highest BCUT2D eigenvalue weighted by Gasteiger charge is 2.13. The van der Waals surface area contributed by atoms with E-state index in [1.165, 1.54) is 89.9 Å². The van der Waals surface area contributed by atoms with E-state index < -0.39 is 6.12 Å². The van der Waals surface area contributed by atoms with Crippen LogP contribution in [0.2, 0.25) is 0 Å². The van der Waals surface area contributed by atoms with Crippen LogP contribution in [0.5, 0.6) is 5.75 Å². The summed E-state index contributed by atoms with van der Waals surface area (Å²) in [6, 6.07) is 6.28. The van der Waals surface area contributed by atoms with Gasteiger partial charge in [0.05, 0.1) is 0 Å². The lowest BCUT2D eigenvalue weighted by molar-refractivity contribution is -0.169. The predicted octanol–water partition coefficient (Wildman–Crippen LogP) is 8.56. The number of aryl methyl sites for hydroxylation is 2. The Balaban J connectivity index is 2.48. The van der Waals surface area contributed by atoms with Crippen LogP contribution in [0.25, 0.3) is 0 Å². The van der Waals surface area contributed by atoms with Crippen LogP contribution in [0.15, 0.2) is 18.2 Å². The van der Waals surface area contributed by atoms with Crippen LogP contribution in [0.4, 0.5) is 0 Å². The molecule has 0 aliphatic rings. The highest BCUT2D eigenvalue weighted by molar-refractivity contribution is 8.69. The van der Waals surface area contributed by atoms with Gasteiger partial charge in [0.25, 0.3) is 0 Å². The molecule has 0 amide bonds. The largest absolute Gasteiger partial charge is 0.682 e. The highest BCUT2D eigenvalue weighted by Crippen LogP contribution is 2.48. The van der Waals surface area contributed by atoms with Gasteiger partial charge in [-0.1, -0.05) is 122 Å². The molecule has 0 bridgehead atoms. The molecule has 1 aromatic rings. The minimum atomic E-state index is -3.40. The number of hydrogen-bond acceptors (Lipinski definition) is 4. The monoisotopic (exact) mass is 484 g/mol. The Morgan fingerprint density at radius 1 is 0.645 bits per heavy atom. The molecule has 0 heterocycles. The van der Waals surface area contributed by atoms with Gasteiger partial charge in [0.15, 0.2) is 5.75 Å². The molecule has 2 nitrogen and oxygen atoms in total. The Labute approximate surface area is 204 Å². The lowest BCUT2D eigenvalue weighted by Gasteiger charge is -2.43. The van der Waals surface area contributed by atoms with Crippen molar-refractivity contribution in [2.24, 2.45) is 0 Å². The molecule has 0 aliphatic carbocycles. The van der Waals surface area contributed by atoms with Crippen molar-refractivity contribution >= 4 is 30.6 Å². The average Bonchev–Trinajstić information content (AvgIpc) is 2.72. The molecule has 5 heteroatoms. The van der Waals surface area contributed by atoms with Crippen LogP contribution in [-0.2, 0) is 37.3 Å². The number of benzene rings is 1. The van der Waals surface area contributed by atoms with Crippen LogP contribution < -0.4 is 9.42 Å². The van der Waals surface area contributed by atoms with E-state index in [-0.39, 0.29) is 0 Å². The van der Waals surface area contributed by atoms with E-state index in [4.69, 9.17) is 29.0 Å². The lowest BCUT2D eigenvalue weighted by atomic mass is 9.98. The van der Waals surface area contributed by atoms with Gasteiger partial charge in [0, 0.05) is 0 Å². The van der Waals surface area contributed by atoms with Gasteiger partial charge in [0.2, 0.25) is 0 Å². The van der Waals surface area contributed by atoms with Crippen LogP contribution in [0, 0.1) is 0 Å². The topological polar surface area (TPSA) is 32.3 Å². The fourth-order valence-corrected chi connectivity index (χ4v) is 5.06. The first-order valence-electron chi connectivity index (χ1n) is 12.8. The summed E-state index contributed by atoms with van der Waals surface area (Å²) in [5.74, 6) is 0.724. The summed E-state index contributed by atoms with van der Waals surface area (Å²) in [6.45, 7) is 4.51. The zero-order valence-corrected chi connectivity index (χ0v) is 22.6. The summed E-state index contributed by atoms with van der Waals surface area (Å²) in [5, 5.41) is 0. The van der Waals surface area contributed by atoms with E-state index in [2.05, 4.69) is 32.0 Å². The molecule has 0 spiro atoms. The summed E-state index contributed by atoms with van der Waals surface area (Å²) in [6.07, 6.45) is 19.2. The average molecular weight is 485 g/mol. The number of rotatable bonds is 20. The molecule has 0 radical (unpaired) electrons. The molecule has 0 saturated heterocycles. The third-order valence-electron chi connectivity index (χ3n) is 5.98. The smallest absolute Gasteiger partial charge is 0.174 e. The molecule has 0 saturated carbocycles. The van der Waals surface area contributed by atoms with Crippen molar-refractivity contribution in [3.05, 3.63) is 29.3 Å². The van der Waals surface area contributed by atoms with Crippen molar-refractivity contribution in [3.63, 3.8) is 0 Å². The number of unbranched alkanes of at least 4 members (excludes halogenated alkanes) is 14. The Kier molecular flexibility index (Phi) is 17.4. The zero-order valence-electron chi connectivity index (χ0n) is 20.0. The van der Waals surface area contributed by atoms with Gasteiger partial charge in [-0.3, -0.25) is 0 Å². The standard InChI is InChI=1S/C26H47O2PS2/c1-3-5-7-9-11-13-15-17-20-24-22-19-23-25(26(24)28-29(27,30)31)21-18-16-14-12-10-8-6-4-2/h19,22-23H,3-18,20-21H2,1-2H3,(H2,27,30,31)/p-2. The summed E-state index contributed by atoms with van der Waals surface area (Å²) in [5.41, 5.74) is 2.25. The van der Waals surface area contributed by atoms with Gasteiger partial charge in [-0.05, 0) is 36.8 Å². The maximum Gasteiger partial charge on any atom is 0.174 e. The molecule has 1 rings (SSSR count). The van der Waals surface area contributed by atoms with Gasteiger partial charge < -0.3 is 33.9 Å². The van der Waals surface area contributed by atoms with Crippen LogP contribution in [-0.4, -0.2) is 0 Å². The molecule has 0 fully saturated rings. The number of hydrogen-bond donors (Lipinski definition) is 0. The van der Waals surface area contributed by atoms with E-state index in [0.717, 1.165) is 42.6 Å². The SMILES string of the molecule is CCCCCCCCCCc1cccc(CCCCCCCCCC)c1O[P+]([O-])([S-])[S-]. The zero-order chi connectivity index (χ0) is 22.8. The number of para-hydroxylation sites is 1. The second-order valence-corrected chi connectivity index (χ2v) is 13.5.